The summed E-state index contributed by atoms with van der Waals surface area (Å²) in [6.45, 7) is 0.943. The van der Waals surface area contributed by atoms with Gasteiger partial charge in [0.2, 0.25) is 0 Å². The molecule has 1 aromatic heterocycles. The van der Waals surface area contributed by atoms with Gasteiger partial charge in [0, 0.05) is 23.9 Å². The number of carboxylic acids is 1. The van der Waals surface area contributed by atoms with Gasteiger partial charge >= 0.3 is 17.4 Å². The largest absolute Gasteiger partial charge is 0.476 e. The first-order valence-electron chi connectivity index (χ1n) is 8.95. The standard InChI is InChI=1S/C19H22O10/c1-9-4-16(23)27-14-6-11(2-3-12(9)14)28-19(18(25)26)7-10(21)5-15(29-19)17(24)13(22)8-20/h2-4,6,10,13,15,17,20-22,24H,5,7-8H2,1H3,(H,25,26)/t10-,13-,15-,17-,19-/m1/s1. The zero-order chi connectivity index (χ0) is 21.3. The number of benzene rings is 1. The summed E-state index contributed by atoms with van der Waals surface area (Å²) in [6.07, 6.45) is -6.37. The molecule has 0 saturated carbocycles. The number of hydrogen-bond donors (Lipinski definition) is 5. The summed E-state index contributed by atoms with van der Waals surface area (Å²) in [6, 6.07) is 5.69. The van der Waals surface area contributed by atoms with E-state index in [1.165, 1.54) is 18.2 Å². The predicted octanol–water partition coefficient (Wildman–Crippen LogP) is -0.485. The van der Waals surface area contributed by atoms with Crippen molar-refractivity contribution in [3.8, 4) is 5.75 Å². The van der Waals surface area contributed by atoms with Crippen LogP contribution in [0.3, 0.4) is 0 Å². The molecule has 3 rings (SSSR count). The summed E-state index contributed by atoms with van der Waals surface area (Å²) in [5.74, 6) is -3.92. The third-order valence-electron chi connectivity index (χ3n) is 4.84. The van der Waals surface area contributed by atoms with Gasteiger partial charge in [-0.25, -0.2) is 9.59 Å². The number of hydrogen-bond acceptors (Lipinski definition) is 9. The van der Waals surface area contributed by atoms with Gasteiger partial charge < -0.3 is 39.4 Å². The van der Waals surface area contributed by atoms with E-state index in [4.69, 9.17) is 19.0 Å². The third-order valence-corrected chi connectivity index (χ3v) is 4.84. The van der Waals surface area contributed by atoms with Crippen LogP contribution >= 0.6 is 0 Å². The van der Waals surface area contributed by atoms with Gasteiger partial charge in [-0.3, -0.25) is 0 Å². The molecule has 10 nitrogen and oxygen atoms in total. The molecule has 2 heterocycles. The Morgan fingerprint density at radius 2 is 2.07 bits per heavy atom. The molecule has 5 N–H and O–H groups in total. The molecular formula is C19H22O10. The second-order valence-electron chi connectivity index (χ2n) is 7.06. The fourth-order valence-electron chi connectivity index (χ4n) is 3.37. The maximum absolute atomic E-state index is 12.0. The SMILES string of the molecule is Cc1cc(=O)oc2cc(O[C@]3(C(=O)O)C[C@H](O)C[C@H]([C@H](O)[C@H](O)CO)O3)ccc12. The lowest BCUT2D eigenvalue weighted by Crippen LogP contribution is -2.59. The number of rotatable bonds is 6. The first-order chi connectivity index (χ1) is 13.6. The Morgan fingerprint density at radius 1 is 1.34 bits per heavy atom. The average molecular weight is 410 g/mol. The highest BCUT2D eigenvalue weighted by Gasteiger charge is 2.52. The topological polar surface area (TPSA) is 167 Å². The van der Waals surface area contributed by atoms with Gasteiger partial charge in [-0.15, -0.1) is 0 Å². The lowest BCUT2D eigenvalue weighted by atomic mass is 9.93. The van der Waals surface area contributed by atoms with Gasteiger partial charge in [-0.05, 0) is 24.6 Å². The maximum atomic E-state index is 12.0. The molecule has 5 atom stereocenters. The highest BCUT2D eigenvalue weighted by atomic mass is 16.7. The molecule has 0 amide bonds. The zero-order valence-corrected chi connectivity index (χ0v) is 15.5. The molecule has 0 radical (unpaired) electrons. The summed E-state index contributed by atoms with van der Waals surface area (Å²) in [4.78, 5) is 23.6. The quantitative estimate of drug-likeness (QED) is 0.392. The number of aliphatic hydroxyl groups is 4. The Balaban J connectivity index is 1.95. The molecule has 1 saturated heterocycles. The summed E-state index contributed by atoms with van der Waals surface area (Å²) in [7, 11) is 0. The normalized spacial score (nSPS) is 26.8. The van der Waals surface area contributed by atoms with Crippen molar-refractivity contribution in [3.05, 3.63) is 40.2 Å². The first-order valence-corrected chi connectivity index (χ1v) is 8.95. The van der Waals surface area contributed by atoms with Crippen molar-refractivity contribution < 1.29 is 44.2 Å². The van der Waals surface area contributed by atoms with E-state index in [2.05, 4.69) is 0 Å². The predicted molar refractivity (Wildman–Crippen MR) is 97.4 cm³/mol. The van der Waals surface area contributed by atoms with E-state index < -0.39 is 54.8 Å². The van der Waals surface area contributed by atoms with E-state index in [1.54, 1.807) is 13.0 Å². The van der Waals surface area contributed by atoms with Crippen LogP contribution in [0.4, 0.5) is 0 Å². The van der Waals surface area contributed by atoms with Crippen LogP contribution < -0.4 is 10.4 Å². The monoisotopic (exact) mass is 410 g/mol. The molecule has 0 unspecified atom stereocenters. The number of aliphatic carboxylic acids is 1. The molecule has 1 aliphatic rings. The number of carbonyl (C=O) groups is 1. The number of carboxylic acid groups (broad SMARTS) is 1. The highest BCUT2D eigenvalue weighted by Crippen LogP contribution is 2.35. The maximum Gasteiger partial charge on any atom is 0.377 e. The number of fused-ring (bicyclic) bond motifs is 1. The van der Waals surface area contributed by atoms with Gasteiger partial charge in [-0.1, -0.05) is 0 Å². The molecular weight excluding hydrogens is 388 g/mol. The fourth-order valence-corrected chi connectivity index (χ4v) is 3.37. The molecule has 29 heavy (non-hydrogen) atoms. The minimum absolute atomic E-state index is 0.00121. The molecule has 10 heteroatoms. The average Bonchev–Trinajstić information content (AvgIpc) is 2.65. The lowest BCUT2D eigenvalue weighted by molar-refractivity contribution is -0.277. The van der Waals surface area contributed by atoms with Crippen molar-refractivity contribution in [3.63, 3.8) is 0 Å². The zero-order valence-electron chi connectivity index (χ0n) is 15.5. The van der Waals surface area contributed by atoms with Crippen LogP contribution in [0.1, 0.15) is 18.4 Å². The molecule has 1 fully saturated rings. The molecule has 2 aromatic rings. The van der Waals surface area contributed by atoms with Crippen molar-refractivity contribution in [2.45, 2.75) is 50.0 Å². The van der Waals surface area contributed by atoms with Gasteiger partial charge in [0.05, 0.1) is 25.2 Å². The second kappa shape index (κ2) is 8.09. The Morgan fingerprint density at radius 3 is 2.72 bits per heavy atom. The van der Waals surface area contributed by atoms with Crippen molar-refractivity contribution in [1.29, 1.82) is 0 Å². The lowest BCUT2D eigenvalue weighted by Gasteiger charge is -2.41. The van der Waals surface area contributed by atoms with E-state index in [0.29, 0.717) is 10.9 Å². The Kier molecular flexibility index (Phi) is 5.92. The molecule has 1 aliphatic heterocycles. The van der Waals surface area contributed by atoms with Crippen LogP contribution in [-0.2, 0) is 9.53 Å². The molecule has 158 valence electrons. The summed E-state index contributed by atoms with van der Waals surface area (Å²) >= 11 is 0. The smallest absolute Gasteiger partial charge is 0.377 e. The van der Waals surface area contributed by atoms with Crippen molar-refractivity contribution in [2.75, 3.05) is 6.61 Å². The Hall–Kier alpha value is -2.50. The van der Waals surface area contributed by atoms with Crippen molar-refractivity contribution in [1.82, 2.24) is 0 Å². The third kappa shape index (κ3) is 4.26. The number of aryl methyl sites for hydroxylation is 1. The Labute approximate surface area is 164 Å². The summed E-state index contributed by atoms with van der Waals surface area (Å²) < 4.78 is 16.1. The number of ether oxygens (including phenoxy) is 2. The van der Waals surface area contributed by atoms with Crippen LogP contribution in [0.5, 0.6) is 5.75 Å². The fraction of sp³-hybridized carbons (Fsp3) is 0.474. The van der Waals surface area contributed by atoms with E-state index >= 15 is 0 Å². The Bertz CT molecular complexity index is 954. The van der Waals surface area contributed by atoms with Gasteiger partial charge in [0.15, 0.2) is 0 Å². The van der Waals surface area contributed by atoms with Gasteiger partial charge in [0.1, 0.15) is 23.5 Å². The van der Waals surface area contributed by atoms with E-state index in [9.17, 15) is 30.0 Å². The second-order valence-corrected chi connectivity index (χ2v) is 7.06. The van der Waals surface area contributed by atoms with Crippen LogP contribution in [0.15, 0.2) is 33.5 Å². The summed E-state index contributed by atoms with van der Waals surface area (Å²) in [5, 5.41) is 49.3. The van der Waals surface area contributed by atoms with Gasteiger partial charge in [-0.2, -0.15) is 0 Å². The van der Waals surface area contributed by atoms with Crippen LogP contribution in [-0.4, -0.2) is 68.3 Å². The van der Waals surface area contributed by atoms with Crippen LogP contribution in [0.2, 0.25) is 0 Å². The van der Waals surface area contributed by atoms with Gasteiger partial charge in [0.25, 0.3) is 0 Å². The van der Waals surface area contributed by atoms with E-state index in [1.807, 2.05) is 0 Å². The van der Waals surface area contributed by atoms with Crippen LogP contribution in [0.25, 0.3) is 11.0 Å². The minimum atomic E-state index is -2.36. The van der Waals surface area contributed by atoms with Crippen molar-refractivity contribution >= 4 is 16.9 Å². The first kappa shape index (κ1) is 21.2. The molecule has 0 spiro atoms. The molecule has 1 aromatic carbocycles. The minimum Gasteiger partial charge on any atom is -0.476 e. The molecule has 0 bridgehead atoms. The van der Waals surface area contributed by atoms with Crippen molar-refractivity contribution in [2.24, 2.45) is 0 Å². The molecule has 0 aliphatic carbocycles. The summed E-state index contributed by atoms with van der Waals surface area (Å²) in [5.41, 5.74) is 0.267. The highest BCUT2D eigenvalue weighted by molar-refractivity contribution is 5.82. The van der Waals surface area contributed by atoms with Crippen LogP contribution in [0, 0.1) is 6.92 Å². The van der Waals surface area contributed by atoms with E-state index in [-0.39, 0.29) is 17.8 Å². The van der Waals surface area contributed by atoms with E-state index in [0.717, 1.165) is 0 Å². The number of aliphatic hydroxyl groups excluding tert-OH is 4.